The zero-order valence-corrected chi connectivity index (χ0v) is 12.8. The Labute approximate surface area is 122 Å². The van der Waals surface area contributed by atoms with Crippen LogP contribution >= 0.6 is 0 Å². The van der Waals surface area contributed by atoms with E-state index in [1.165, 1.54) is 5.57 Å². The molecule has 0 amide bonds. The largest absolute Gasteiger partial charge is 0.481 e. The van der Waals surface area contributed by atoms with E-state index in [1.807, 2.05) is 30.3 Å². The van der Waals surface area contributed by atoms with Gasteiger partial charge in [-0.3, -0.25) is 4.79 Å². The average Bonchev–Trinajstić information content (AvgIpc) is 2.39. The summed E-state index contributed by atoms with van der Waals surface area (Å²) >= 11 is 0. The molecule has 2 unspecified atom stereocenters. The summed E-state index contributed by atoms with van der Waals surface area (Å²) in [6.45, 7) is 6.43. The van der Waals surface area contributed by atoms with Crippen LogP contribution in [-0.2, 0) is 4.79 Å². The Kier molecular flexibility index (Phi) is 7.06. The van der Waals surface area contributed by atoms with Crippen molar-refractivity contribution in [2.45, 2.75) is 52.4 Å². The highest BCUT2D eigenvalue weighted by Crippen LogP contribution is 2.25. The second-order valence-corrected chi connectivity index (χ2v) is 5.84. The van der Waals surface area contributed by atoms with Crippen molar-refractivity contribution < 1.29 is 9.90 Å². The number of carboxylic acid groups (broad SMARTS) is 1. The predicted molar refractivity (Wildman–Crippen MR) is 83.9 cm³/mol. The molecular weight excluding hydrogens is 248 g/mol. The van der Waals surface area contributed by atoms with Crippen LogP contribution < -0.4 is 0 Å². The number of carboxylic acids is 1. The third-order valence-electron chi connectivity index (χ3n) is 3.66. The minimum Gasteiger partial charge on any atom is -0.481 e. The second-order valence-electron chi connectivity index (χ2n) is 5.84. The molecule has 0 bridgehead atoms. The summed E-state index contributed by atoms with van der Waals surface area (Å²) in [7, 11) is 0. The van der Waals surface area contributed by atoms with Gasteiger partial charge >= 0.3 is 5.97 Å². The van der Waals surface area contributed by atoms with Crippen molar-refractivity contribution in [2.24, 2.45) is 5.92 Å². The van der Waals surface area contributed by atoms with Gasteiger partial charge in [0.05, 0.1) is 5.92 Å². The van der Waals surface area contributed by atoms with Crippen LogP contribution in [0, 0.1) is 5.92 Å². The molecule has 0 aromatic heterocycles. The van der Waals surface area contributed by atoms with E-state index in [4.69, 9.17) is 0 Å². The molecule has 1 aromatic rings. The van der Waals surface area contributed by atoms with Crippen molar-refractivity contribution >= 4 is 5.97 Å². The van der Waals surface area contributed by atoms with Gasteiger partial charge in [-0.05, 0) is 51.0 Å². The molecule has 0 heterocycles. The summed E-state index contributed by atoms with van der Waals surface area (Å²) in [5.74, 6) is -0.522. The topological polar surface area (TPSA) is 37.3 Å². The van der Waals surface area contributed by atoms with Gasteiger partial charge in [-0.15, -0.1) is 0 Å². The predicted octanol–water partition coefficient (Wildman–Crippen LogP) is 5.02. The van der Waals surface area contributed by atoms with E-state index in [1.54, 1.807) is 0 Å². The van der Waals surface area contributed by atoms with Crippen molar-refractivity contribution in [3.8, 4) is 0 Å². The van der Waals surface area contributed by atoms with Gasteiger partial charge in [-0.2, -0.15) is 0 Å². The Morgan fingerprint density at radius 3 is 2.35 bits per heavy atom. The van der Waals surface area contributed by atoms with Crippen LogP contribution in [0.1, 0.15) is 57.9 Å². The zero-order chi connectivity index (χ0) is 15.0. The molecule has 2 heteroatoms. The van der Waals surface area contributed by atoms with Crippen LogP contribution in [0.3, 0.4) is 0 Å². The van der Waals surface area contributed by atoms with Crippen LogP contribution in [0.2, 0.25) is 0 Å². The number of hydrogen-bond donors (Lipinski definition) is 1. The first-order valence-corrected chi connectivity index (χ1v) is 7.41. The third kappa shape index (κ3) is 6.05. The van der Waals surface area contributed by atoms with Crippen molar-refractivity contribution in [3.05, 3.63) is 47.5 Å². The lowest BCUT2D eigenvalue weighted by Crippen LogP contribution is -2.13. The molecular formula is C18H26O2. The van der Waals surface area contributed by atoms with Crippen molar-refractivity contribution in [1.82, 2.24) is 0 Å². The fourth-order valence-electron chi connectivity index (χ4n) is 2.37. The van der Waals surface area contributed by atoms with E-state index < -0.39 is 5.97 Å². The van der Waals surface area contributed by atoms with Crippen LogP contribution in [0.5, 0.6) is 0 Å². The smallest absolute Gasteiger partial charge is 0.310 e. The number of carbonyl (C=O) groups is 1. The minimum atomic E-state index is -0.715. The molecule has 0 aliphatic rings. The molecule has 1 rings (SSSR count). The van der Waals surface area contributed by atoms with E-state index in [0.717, 1.165) is 31.2 Å². The Morgan fingerprint density at radius 1 is 1.15 bits per heavy atom. The minimum absolute atomic E-state index is 0.373. The fraction of sp³-hybridized carbons (Fsp3) is 0.500. The van der Waals surface area contributed by atoms with Gasteiger partial charge in [0.15, 0.2) is 0 Å². The Morgan fingerprint density at radius 2 is 1.80 bits per heavy atom. The summed E-state index contributed by atoms with van der Waals surface area (Å²) < 4.78 is 0. The summed E-state index contributed by atoms with van der Waals surface area (Å²) in [5.41, 5.74) is 2.27. The summed E-state index contributed by atoms with van der Waals surface area (Å²) in [5, 5.41) is 9.38. The molecule has 20 heavy (non-hydrogen) atoms. The van der Waals surface area contributed by atoms with Crippen molar-refractivity contribution in [1.29, 1.82) is 0 Å². The first-order valence-electron chi connectivity index (χ1n) is 7.41. The molecule has 1 aromatic carbocycles. The maximum atomic E-state index is 11.4. The lowest BCUT2D eigenvalue weighted by molar-refractivity contribution is -0.139. The molecule has 0 saturated heterocycles. The number of hydrogen-bond acceptors (Lipinski definition) is 1. The van der Waals surface area contributed by atoms with E-state index in [9.17, 15) is 9.90 Å². The third-order valence-corrected chi connectivity index (χ3v) is 3.66. The van der Waals surface area contributed by atoms with Crippen LogP contribution in [0.25, 0.3) is 0 Å². The average molecular weight is 274 g/mol. The van der Waals surface area contributed by atoms with Gasteiger partial charge in [-0.25, -0.2) is 0 Å². The second kappa shape index (κ2) is 8.57. The summed E-state index contributed by atoms with van der Waals surface area (Å²) in [6, 6.07) is 9.55. The number of rotatable bonds is 8. The summed E-state index contributed by atoms with van der Waals surface area (Å²) in [6.07, 6.45) is 6.15. The highest BCUT2D eigenvalue weighted by Gasteiger charge is 2.20. The molecule has 2 atom stereocenters. The van der Waals surface area contributed by atoms with Crippen LogP contribution in [0.4, 0.5) is 0 Å². The number of benzene rings is 1. The highest BCUT2D eigenvalue weighted by atomic mass is 16.4. The lowest BCUT2D eigenvalue weighted by Gasteiger charge is -2.16. The monoisotopic (exact) mass is 274 g/mol. The normalized spacial score (nSPS) is 13.6. The molecule has 0 saturated carbocycles. The zero-order valence-electron chi connectivity index (χ0n) is 12.8. The highest BCUT2D eigenvalue weighted by molar-refractivity contribution is 5.75. The Hall–Kier alpha value is -1.57. The fourth-order valence-corrected chi connectivity index (χ4v) is 2.37. The van der Waals surface area contributed by atoms with Gasteiger partial charge in [0, 0.05) is 0 Å². The molecule has 0 spiro atoms. The van der Waals surface area contributed by atoms with E-state index in [0.29, 0.717) is 5.92 Å². The lowest BCUT2D eigenvalue weighted by atomic mass is 9.89. The maximum absolute atomic E-state index is 11.4. The molecule has 0 aliphatic carbocycles. The van der Waals surface area contributed by atoms with E-state index in [2.05, 4.69) is 26.8 Å². The van der Waals surface area contributed by atoms with Crippen molar-refractivity contribution in [2.75, 3.05) is 0 Å². The number of aliphatic carboxylic acids is 1. The first kappa shape index (κ1) is 16.5. The van der Waals surface area contributed by atoms with Gasteiger partial charge in [0.2, 0.25) is 0 Å². The van der Waals surface area contributed by atoms with Crippen molar-refractivity contribution in [3.63, 3.8) is 0 Å². The molecule has 110 valence electrons. The Balaban J connectivity index is 2.48. The van der Waals surface area contributed by atoms with E-state index >= 15 is 0 Å². The maximum Gasteiger partial charge on any atom is 0.310 e. The van der Waals surface area contributed by atoms with Gasteiger partial charge in [0.1, 0.15) is 0 Å². The van der Waals surface area contributed by atoms with E-state index in [-0.39, 0.29) is 5.92 Å². The molecule has 0 fully saturated rings. The molecule has 2 nitrogen and oxygen atoms in total. The van der Waals surface area contributed by atoms with Crippen LogP contribution in [-0.4, -0.2) is 11.1 Å². The first-order chi connectivity index (χ1) is 9.50. The quantitative estimate of drug-likeness (QED) is 0.676. The van der Waals surface area contributed by atoms with Crippen LogP contribution in [0.15, 0.2) is 42.0 Å². The van der Waals surface area contributed by atoms with Gasteiger partial charge in [-0.1, -0.05) is 48.9 Å². The summed E-state index contributed by atoms with van der Waals surface area (Å²) in [4.78, 5) is 11.4. The SMILES string of the molecule is CC(C)=CCCC(C)CCC(C(=O)O)c1ccccc1. The van der Waals surface area contributed by atoms with Gasteiger partial charge < -0.3 is 5.11 Å². The molecule has 0 aliphatic heterocycles. The molecule has 1 N–H and O–H groups in total. The Bertz CT molecular complexity index is 430. The number of allylic oxidation sites excluding steroid dienone is 2. The standard InChI is InChI=1S/C18H26O2/c1-14(2)8-7-9-15(3)12-13-17(18(19)20)16-10-5-4-6-11-16/h4-6,8,10-11,15,17H,7,9,12-13H2,1-3H3,(H,19,20). The van der Waals surface area contributed by atoms with Gasteiger partial charge in [0.25, 0.3) is 0 Å². The molecule has 0 radical (unpaired) electrons.